The third kappa shape index (κ3) is 5.36. The average molecular weight is 237 g/mol. The Morgan fingerprint density at radius 3 is 2.65 bits per heavy atom. The van der Waals surface area contributed by atoms with Gasteiger partial charge in [-0.2, -0.15) is 0 Å². The molecule has 94 valence electrons. The van der Waals surface area contributed by atoms with Crippen LogP contribution in [0.15, 0.2) is 30.3 Å². The van der Waals surface area contributed by atoms with Crippen molar-refractivity contribution in [2.24, 2.45) is 0 Å². The topological polar surface area (TPSA) is 49.8 Å². The quantitative estimate of drug-likeness (QED) is 0.852. The lowest BCUT2D eigenvalue weighted by molar-refractivity contribution is 0.0973. The Morgan fingerprint density at radius 1 is 1.41 bits per heavy atom. The van der Waals surface area contributed by atoms with Gasteiger partial charge < -0.3 is 14.7 Å². The Kier molecular flexibility index (Phi) is 5.49. The van der Waals surface area contributed by atoms with E-state index >= 15 is 0 Å². The molecule has 1 N–H and O–H groups in total. The van der Waals surface area contributed by atoms with E-state index in [9.17, 15) is 4.79 Å². The molecule has 0 heterocycles. The molecule has 0 fully saturated rings. The highest BCUT2D eigenvalue weighted by Gasteiger charge is 2.10. The predicted molar refractivity (Wildman–Crippen MR) is 65.6 cm³/mol. The van der Waals surface area contributed by atoms with Crippen molar-refractivity contribution in [3.63, 3.8) is 0 Å². The first-order chi connectivity index (χ1) is 8.09. The summed E-state index contributed by atoms with van der Waals surface area (Å²) in [6.07, 6.45) is -0.217. The second-order valence-electron chi connectivity index (χ2n) is 4.10. The minimum absolute atomic E-state index is 0.276. The number of nitrogens with zero attached hydrogens (tertiary/aromatic N) is 1. The summed E-state index contributed by atoms with van der Waals surface area (Å²) < 4.78 is 5.13. The molecule has 0 aliphatic carbocycles. The number of amides is 1. The second kappa shape index (κ2) is 6.91. The van der Waals surface area contributed by atoms with Gasteiger partial charge in [-0.15, -0.1) is 0 Å². The van der Waals surface area contributed by atoms with E-state index in [1.54, 1.807) is 14.0 Å². The maximum absolute atomic E-state index is 11.6. The molecule has 0 radical (unpaired) electrons. The van der Waals surface area contributed by atoms with Crippen LogP contribution in [0.4, 0.5) is 4.79 Å². The summed E-state index contributed by atoms with van der Waals surface area (Å²) in [6.45, 7) is 2.47. The van der Waals surface area contributed by atoms with E-state index in [0.29, 0.717) is 13.0 Å². The molecular formula is C13H19NO3. The van der Waals surface area contributed by atoms with Crippen LogP contribution in [0.1, 0.15) is 18.9 Å². The summed E-state index contributed by atoms with van der Waals surface area (Å²) in [4.78, 5) is 13.0. The molecule has 17 heavy (non-hydrogen) atoms. The van der Waals surface area contributed by atoms with Gasteiger partial charge in [0.1, 0.15) is 6.61 Å². The van der Waals surface area contributed by atoms with Crippen molar-refractivity contribution in [3.05, 3.63) is 35.9 Å². The molecule has 1 aromatic carbocycles. The first-order valence-electron chi connectivity index (χ1n) is 5.69. The number of aliphatic hydroxyl groups excluding tert-OH is 1. The lowest BCUT2D eigenvalue weighted by Gasteiger charge is -2.17. The number of carbonyl (C=O) groups is 1. The number of hydrogen-bond donors (Lipinski definition) is 1. The summed E-state index contributed by atoms with van der Waals surface area (Å²) >= 11 is 0. The first-order valence-corrected chi connectivity index (χ1v) is 5.69. The number of ether oxygens (including phenoxy) is 1. The fourth-order valence-corrected chi connectivity index (χ4v) is 1.30. The van der Waals surface area contributed by atoms with Crippen LogP contribution in [-0.4, -0.2) is 35.8 Å². The van der Waals surface area contributed by atoms with E-state index in [2.05, 4.69) is 0 Å². The third-order valence-corrected chi connectivity index (χ3v) is 2.40. The van der Waals surface area contributed by atoms with E-state index in [0.717, 1.165) is 5.56 Å². The van der Waals surface area contributed by atoms with Crippen LogP contribution < -0.4 is 0 Å². The Bertz CT molecular complexity index is 338. The maximum Gasteiger partial charge on any atom is 0.409 e. The van der Waals surface area contributed by atoms with Gasteiger partial charge in [-0.1, -0.05) is 30.3 Å². The standard InChI is InChI=1S/C13H19NO3/c1-11(15)8-9-14(2)13(16)17-10-12-6-4-3-5-7-12/h3-7,11,15H,8-10H2,1-2H3. The van der Waals surface area contributed by atoms with Crippen LogP contribution in [0, 0.1) is 0 Å². The smallest absolute Gasteiger partial charge is 0.409 e. The van der Waals surface area contributed by atoms with Crippen LogP contribution in [0.2, 0.25) is 0 Å². The molecule has 0 aliphatic rings. The van der Waals surface area contributed by atoms with Crippen molar-refractivity contribution in [1.82, 2.24) is 4.90 Å². The minimum Gasteiger partial charge on any atom is -0.445 e. The normalized spacial score (nSPS) is 11.9. The van der Waals surface area contributed by atoms with Gasteiger partial charge in [-0.05, 0) is 18.9 Å². The van der Waals surface area contributed by atoms with Gasteiger partial charge >= 0.3 is 6.09 Å². The zero-order valence-corrected chi connectivity index (χ0v) is 10.3. The fraction of sp³-hybridized carbons (Fsp3) is 0.462. The van der Waals surface area contributed by atoms with Crippen LogP contribution >= 0.6 is 0 Å². The average Bonchev–Trinajstić information content (AvgIpc) is 2.34. The van der Waals surface area contributed by atoms with Gasteiger partial charge in [0.15, 0.2) is 0 Å². The highest BCUT2D eigenvalue weighted by molar-refractivity contribution is 5.67. The molecule has 0 aliphatic heterocycles. The predicted octanol–water partition coefficient (Wildman–Crippen LogP) is 2.03. The molecule has 0 aromatic heterocycles. The molecule has 0 spiro atoms. The molecule has 1 unspecified atom stereocenters. The molecular weight excluding hydrogens is 218 g/mol. The number of aliphatic hydroxyl groups is 1. The maximum atomic E-state index is 11.6. The Labute approximate surface area is 102 Å². The summed E-state index contributed by atoms with van der Waals surface area (Å²) in [7, 11) is 1.66. The largest absolute Gasteiger partial charge is 0.445 e. The summed E-state index contributed by atoms with van der Waals surface area (Å²) in [6, 6.07) is 9.53. The van der Waals surface area contributed by atoms with Crippen molar-refractivity contribution in [1.29, 1.82) is 0 Å². The van der Waals surface area contributed by atoms with Crippen molar-refractivity contribution >= 4 is 6.09 Å². The van der Waals surface area contributed by atoms with Crippen molar-refractivity contribution < 1.29 is 14.6 Å². The Hall–Kier alpha value is -1.55. The molecule has 1 rings (SSSR count). The molecule has 4 heteroatoms. The Morgan fingerprint density at radius 2 is 2.06 bits per heavy atom. The van der Waals surface area contributed by atoms with E-state index in [4.69, 9.17) is 9.84 Å². The molecule has 4 nitrogen and oxygen atoms in total. The van der Waals surface area contributed by atoms with E-state index in [-0.39, 0.29) is 12.7 Å². The van der Waals surface area contributed by atoms with Crippen LogP contribution in [-0.2, 0) is 11.3 Å². The molecule has 0 saturated heterocycles. The highest BCUT2D eigenvalue weighted by Crippen LogP contribution is 2.03. The number of benzene rings is 1. The van der Waals surface area contributed by atoms with Crippen LogP contribution in [0.25, 0.3) is 0 Å². The zero-order valence-electron chi connectivity index (χ0n) is 10.3. The lowest BCUT2D eigenvalue weighted by atomic mass is 10.2. The number of carbonyl (C=O) groups excluding carboxylic acids is 1. The second-order valence-corrected chi connectivity index (χ2v) is 4.10. The minimum atomic E-state index is -0.403. The van der Waals surface area contributed by atoms with Gasteiger partial charge in [0.05, 0.1) is 6.10 Å². The SMILES string of the molecule is CC(O)CCN(C)C(=O)OCc1ccccc1. The van der Waals surface area contributed by atoms with E-state index < -0.39 is 6.10 Å². The molecule has 1 amide bonds. The highest BCUT2D eigenvalue weighted by atomic mass is 16.6. The third-order valence-electron chi connectivity index (χ3n) is 2.40. The van der Waals surface area contributed by atoms with E-state index in [1.807, 2.05) is 30.3 Å². The first kappa shape index (κ1) is 13.5. The van der Waals surface area contributed by atoms with Gasteiger partial charge in [-0.25, -0.2) is 4.79 Å². The summed E-state index contributed by atoms with van der Waals surface area (Å²) in [5.41, 5.74) is 0.963. The van der Waals surface area contributed by atoms with Gasteiger partial charge in [0.2, 0.25) is 0 Å². The van der Waals surface area contributed by atoms with Crippen molar-refractivity contribution in [2.75, 3.05) is 13.6 Å². The molecule has 1 atom stereocenters. The van der Waals surface area contributed by atoms with E-state index in [1.165, 1.54) is 4.90 Å². The Balaban J connectivity index is 2.29. The zero-order chi connectivity index (χ0) is 12.7. The monoisotopic (exact) mass is 237 g/mol. The van der Waals surface area contributed by atoms with Crippen LogP contribution in [0.5, 0.6) is 0 Å². The molecule has 0 bridgehead atoms. The van der Waals surface area contributed by atoms with Crippen molar-refractivity contribution in [3.8, 4) is 0 Å². The lowest BCUT2D eigenvalue weighted by Crippen LogP contribution is -2.29. The summed E-state index contributed by atoms with van der Waals surface area (Å²) in [5.74, 6) is 0. The fourth-order valence-electron chi connectivity index (χ4n) is 1.30. The summed E-state index contributed by atoms with van der Waals surface area (Å²) in [5, 5.41) is 9.11. The van der Waals surface area contributed by atoms with Gasteiger partial charge in [0.25, 0.3) is 0 Å². The molecule has 0 saturated carbocycles. The van der Waals surface area contributed by atoms with Gasteiger partial charge in [-0.3, -0.25) is 0 Å². The van der Waals surface area contributed by atoms with Crippen molar-refractivity contribution in [2.45, 2.75) is 26.1 Å². The number of hydrogen-bond acceptors (Lipinski definition) is 3. The molecule has 1 aromatic rings. The van der Waals surface area contributed by atoms with Gasteiger partial charge in [0, 0.05) is 13.6 Å². The number of rotatable bonds is 5. The van der Waals surface area contributed by atoms with Crippen LogP contribution in [0.3, 0.4) is 0 Å².